The molecule has 0 saturated heterocycles. The number of para-hydroxylation sites is 1. The van der Waals surface area contributed by atoms with Gasteiger partial charge in [0.1, 0.15) is 29.5 Å². The van der Waals surface area contributed by atoms with E-state index < -0.39 is 19.9 Å². The first-order valence-corrected chi connectivity index (χ1v) is 14.1. The van der Waals surface area contributed by atoms with Gasteiger partial charge in [-0.15, -0.1) is 0 Å². The molecule has 0 radical (unpaired) electrons. The maximum Gasteiger partial charge on any atom is 0.459 e. The number of nitrogens with two attached hydrogens (primary N) is 1. The van der Waals surface area contributed by atoms with Crippen molar-refractivity contribution >= 4 is 52.9 Å². The summed E-state index contributed by atoms with van der Waals surface area (Å²) in [6.45, 7) is 7.65. The number of Topliss-reactive ketones (excluding diaryl/α,β-unsaturated/α-hetero) is 1. The molecule has 3 N–H and O–H groups in total. The van der Waals surface area contributed by atoms with Crippen molar-refractivity contribution in [3.8, 4) is 5.75 Å². The quantitative estimate of drug-likeness (QED) is 0.215. The molecular formula is C26H31ClN5O5P. The van der Waals surface area contributed by atoms with Crippen molar-refractivity contribution in [1.29, 1.82) is 0 Å². The smallest absolute Gasteiger partial charge is 0.413 e. The zero-order chi connectivity index (χ0) is 27.4. The van der Waals surface area contributed by atoms with E-state index in [4.69, 9.17) is 36.1 Å². The summed E-state index contributed by atoms with van der Waals surface area (Å²) in [4.78, 5) is 21.2. The molecule has 4 aromatic rings. The lowest BCUT2D eigenvalue weighted by Gasteiger charge is -2.26. The molecule has 2 heterocycles. The van der Waals surface area contributed by atoms with Crippen LogP contribution in [0.25, 0.3) is 21.9 Å². The highest BCUT2D eigenvalue weighted by Crippen LogP contribution is 2.46. The van der Waals surface area contributed by atoms with Crippen molar-refractivity contribution in [3.63, 3.8) is 0 Å². The number of ether oxygens (including phenoxy) is 1. The summed E-state index contributed by atoms with van der Waals surface area (Å²) in [6, 6.07) is 13.2. The standard InChI is InChI=1S/C26H31ClN5O5P/c1-5-35-15-23-30-24-25(21-8-6-7-9-22(21)29-26(24)28)32(23)14-16(2)36-38(34,31-17(3)18(4)33)37-20-12-10-19(27)11-13-20/h6-13,16-17H,5,14-15H2,1-4H3,(H2,28,29)(H,31,34)/t16-,17+,38+/m1/s1. The van der Waals surface area contributed by atoms with E-state index in [0.717, 1.165) is 16.4 Å². The molecule has 0 bridgehead atoms. The summed E-state index contributed by atoms with van der Waals surface area (Å²) in [5, 5.41) is 4.11. The predicted octanol–water partition coefficient (Wildman–Crippen LogP) is 5.52. The summed E-state index contributed by atoms with van der Waals surface area (Å²) >= 11 is 5.98. The Morgan fingerprint density at radius 3 is 2.55 bits per heavy atom. The summed E-state index contributed by atoms with van der Waals surface area (Å²) in [7, 11) is -4.01. The average Bonchev–Trinajstić information content (AvgIpc) is 3.22. The molecule has 3 atom stereocenters. The molecule has 0 aliphatic carbocycles. The van der Waals surface area contributed by atoms with E-state index in [9.17, 15) is 9.36 Å². The molecule has 202 valence electrons. The highest BCUT2D eigenvalue weighted by molar-refractivity contribution is 7.52. The van der Waals surface area contributed by atoms with Crippen LogP contribution in [0.2, 0.25) is 5.02 Å². The number of benzene rings is 2. The first-order valence-electron chi connectivity index (χ1n) is 12.2. The molecule has 12 heteroatoms. The number of rotatable bonds is 12. The number of hydrogen-bond acceptors (Lipinski definition) is 8. The Morgan fingerprint density at radius 2 is 1.87 bits per heavy atom. The highest BCUT2D eigenvalue weighted by Gasteiger charge is 2.33. The molecule has 0 saturated carbocycles. The van der Waals surface area contributed by atoms with Crippen LogP contribution in [0, 0.1) is 0 Å². The van der Waals surface area contributed by atoms with E-state index >= 15 is 0 Å². The molecule has 38 heavy (non-hydrogen) atoms. The summed E-state index contributed by atoms with van der Waals surface area (Å²) in [5.41, 5.74) is 8.32. The Morgan fingerprint density at radius 1 is 1.16 bits per heavy atom. The molecule has 0 amide bonds. The van der Waals surface area contributed by atoms with Gasteiger partial charge in [0, 0.05) is 17.0 Å². The van der Waals surface area contributed by atoms with Crippen molar-refractivity contribution in [2.75, 3.05) is 12.3 Å². The maximum atomic E-state index is 13.9. The van der Waals surface area contributed by atoms with Gasteiger partial charge in [0.25, 0.3) is 0 Å². The van der Waals surface area contributed by atoms with Crippen molar-refractivity contribution in [2.45, 2.75) is 53.0 Å². The van der Waals surface area contributed by atoms with Crippen LogP contribution in [0.4, 0.5) is 5.82 Å². The van der Waals surface area contributed by atoms with Crippen LogP contribution in [0.15, 0.2) is 48.5 Å². The molecule has 0 unspecified atom stereocenters. The third kappa shape index (κ3) is 6.34. The Balaban J connectivity index is 1.70. The first-order chi connectivity index (χ1) is 18.1. The second-order valence-corrected chi connectivity index (χ2v) is 11.0. The van der Waals surface area contributed by atoms with E-state index in [1.807, 2.05) is 35.8 Å². The van der Waals surface area contributed by atoms with E-state index in [-0.39, 0.29) is 24.7 Å². The number of carbonyl (C=O) groups excluding carboxylic acids is 1. The number of imidazole rings is 1. The fourth-order valence-corrected chi connectivity index (χ4v) is 5.85. The number of nitrogens with one attached hydrogen (secondary N) is 1. The Labute approximate surface area is 226 Å². The van der Waals surface area contributed by atoms with Crippen LogP contribution in [0.5, 0.6) is 5.75 Å². The van der Waals surface area contributed by atoms with E-state index in [1.165, 1.54) is 6.92 Å². The number of hydrogen-bond donors (Lipinski definition) is 2. The molecule has 2 aromatic heterocycles. The molecule has 0 fully saturated rings. The van der Waals surface area contributed by atoms with Crippen LogP contribution in [0.3, 0.4) is 0 Å². The summed E-state index contributed by atoms with van der Waals surface area (Å²) in [6.07, 6.45) is -0.647. The van der Waals surface area contributed by atoms with Crippen molar-refractivity contribution in [3.05, 3.63) is 59.4 Å². The second kappa shape index (κ2) is 11.8. The van der Waals surface area contributed by atoms with Gasteiger partial charge in [-0.05, 0) is 58.0 Å². The number of aromatic nitrogens is 3. The van der Waals surface area contributed by atoms with Gasteiger partial charge in [-0.2, -0.15) is 0 Å². The van der Waals surface area contributed by atoms with Gasteiger partial charge in [0.05, 0.1) is 29.7 Å². The van der Waals surface area contributed by atoms with Gasteiger partial charge in [-0.3, -0.25) is 9.32 Å². The monoisotopic (exact) mass is 559 g/mol. The fraction of sp³-hybridized carbons (Fsp3) is 0.346. The number of nitrogens with zero attached hydrogens (tertiary/aromatic N) is 3. The minimum Gasteiger partial charge on any atom is -0.413 e. The van der Waals surface area contributed by atoms with Crippen molar-refractivity contribution in [1.82, 2.24) is 19.6 Å². The van der Waals surface area contributed by atoms with Gasteiger partial charge in [0.2, 0.25) is 0 Å². The lowest BCUT2D eigenvalue weighted by atomic mass is 10.2. The van der Waals surface area contributed by atoms with Gasteiger partial charge in [0.15, 0.2) is 5.82 Å². The number of pyridine rings is 1. The molecular weight excluding hydrogens is 529 g/mol. The molecule has 2 aromatic carbocycles. The molecule has 4 rings (SSSR count). The van der Waals surface area contributed by atoms with Gasteiger partial charge < -0.3 is 19.6 Å². The minimum absolute atomic E-state index is 0.213. The Kier molecular flexibility index (Phi) is 8.70. The average molecular weight is 560 g/mol. The highest BCUT2D eigenvalue weighted by atomic mass is 35.5. The number of fused-ring (bicyclic) bond motifs is 3. The number of nitrogen functional groups attached to an aromatic ring is 1. The van der Waals surface area contributed by atoms with Gasteiger partial charge in [-0.25, -0.2) is 19.6 Å². The Bertz CT molecular complexity index is 1490. The van der Waals surface area contributed by atoms with Crippen molar-refractivity contribution in [2.24, 2.45) is 0 Å². The summed E-state index contributed by atoms with van der Waals surface area (Å²) in [5.74, 6) is 0.997. The SMILES string of the molecule is CCOCc1nc2c(N)nc3ccccc3c2n1C[C@@H](C)O[P@@](=O)(N[C@@H](C)C(C)=O)Oc1ccc(Cl)cc1. The van der Waals surface area contributed by atoms with Crippen LogP contribution >= 0.6 is 19.3 Å². The number of carbonyl (C=O) groups is 1. The van der Waals surface area contributed by atoms with Crippen molar-refractivity contribution < 1.29 is 23.1 Å². The van der Waals surface area contributed by atoms with Crippen LogP contribution in [-0.4, -0.2) is 39.1 Å². The summed E-state index contributed by atoms with van der Waals surface area (Å²) < 4.78 is 33.3. The topological polar surface area (TPSA) is 131 Å². The van der Waals surface area contributed by atoms with Gasteiger partial charge in [-0.1, -0.05) is 29.8 Å². The van der Waals surface area contributed by atoms with Crippen LogP contribution < -0.4 is 15.3 Å². The molecule has 0 aliphatic heterocycles. The fourth-order valence-electron chi connectivity index (χ4n) is 3.97. The molecule has 10 nitrogen and oxygen atoms in total. The lowest BCUT2D eigenvalue weighted by molar-refractivity contribution is -0.118. The largest absolute Gasteiger partial charge is 0.459 e. The van der Waals surface area contributed by atoms with E-state index in [1.54, 1.807) is 38.1 Å². The van der Waals surface area contributed by atoms with E-state index in [2.05, 4.69) is 10.1 Å². The Hall–Kier alpha value is -3.01. The molecule has 0 aliphatic rings. The number of ketones is 1. The first kappa shape index (κ1) is 28.0. The number of halogens is 1. The lowest BCUT2D eigenvalue weighted by Crippen LogP contribution is -2.33. The normalized spacial score (nSPS) is 14.9. The zero-order valence-corrected chi connectivity index (χ0v) is 23.3. The zero-order valence-electron chi connectivity index (χ0n) is 21.7. The third-order valence-electron chi connectivity index (χ3n) is 5.88. The predicted molar refractivity (Wildman–Crippen MR) is 148 cm³/mol. The van der Waals surface area contributed by atoms with E-state index in [0.29, 0.717) is 28.8 Å². The maximum absolute atomic E-state index is 13.9. The van der Waals surface area contributed by atoms with Crippen LogP contribution in [-0.2, 0) is 31.8 Å². The molecule has 0 spiro atoms. The van der Waals surface area contributed by atoms with Gasteiger partial charge >= 0.3 is 7.75 Å². The number of anilines is 1. The minimum atomic E-state index is -4.01. The second-order valence-electron chi connectivity index (χ2n) is 8.91. The third-order valence-corrected chi connectivity index (χ3v) is 7.93. The van der Waals surface area contributed by atoms with Crippen LogP contribution in [0.1, 0.15) is 33.5 Å².